The topological polar surface area (TPSA) is 69.6 Å². The molecular weight excluding hydrogens is 268 g/mol. The Morgan fingerprint density at radius 2 is 2.14 bits per heavy atom. The molecule has 21 heavy (non-hydrogen) atoms. The summed E-state index contributed by atoms with van der Waals surface area (Å²) in [4.78, 5) is 26.4. The molecule has 2 rings (SSSR count). The van der Waals surface area contributed by atoms with Crippen molar-refractivity contribution < 1.29 is 14.7 Å². The van der Waals surface area contributed by atoms with E-state index in [-0.39, 0.29) is 11.8 Å². The Bertz CT molecular complexity index is 385. The van der Waals surface area contributed by atoms with Crippen molar-refractivity contribution in [1.82, 2.24) is 10.2 Å². The summed E-state index contributed by atoms with van der Waals surface area (Å²) >= 11 is 0. The van der Waals surface area contributed by atoms with E-state index in [0.717, 1.165) is 45.1 Å². The highest BCUT2D eigenvalue weighted by molar-refractivity contribution is 5.88. The second kappa shape index (κ2) is 6.77. The van der Waals surface area contributed by atoms with Crippen molar-refractivity contribution in [3.8, 4) is 0 Å². The summed E-state index contributed by atoms with van der Waals surface area (Å²) < 4.78 is 0. The number of carboxylic acids is 1. The van der Waals surface area contributed by atoms with Crippen LogP contribution >= 0.6 is 0 Å². The van der Waals surface area contributed by atoms with Gasteiger partial charge < -0.3 is 15.3 Å². The molecule has 0 aromatic carbocycles. The van der Waals surface area contributed by atoms with Crippen molar-refractivity contribution in [3.05, 3.63) is 0 Å². The van der Waals surface area contributed by atoms with Crippen molar-refractivity contribution >= 4 is 11.9 Å². The molecule has 5 nitrogen and oxygen atoms in total. The van der Waals surface area contributed by atoms with Crippen LogP contribution in [0.25, 0.3) is 0 Å². The number of amides is 1. The molecule has 120 valence electrons. The van der Waals surface area contributed by atoms with E-state index in [1.807, 2.05) is 6.92 Å². The normalized spacial score (nSPS) is 33.7. The Morgan fingerprint density at radius 3 is 2.71 bits per heavy atom. The minimum absolute atomic E-state index is 0.0374. The number of nitrogens with one attached hydrogen (secondary N) is 1. The van der Waals surface area contributed by atoms with Gasteiger partial charge in [0.25, 0.3) is 0 Å². The minimum atomic E-state index is -0.856. The van der Waals surface area contributed by atoms with Crippen molar-refractivity contribution in [1.29, 1.82) is 0 Å². The van der Waals surface area contributed by atoms with E-state index in [0.29, 0.717) is 13.1 Å². The molecule has 3 atom stereocenters. The zero-order chi connectivity index (χ0) is 15.5. The number of nitrogens with zero attached hydrogens (tertiary/aromatic N) is 1. The predicted octanol–water partition coefficient (Wildman–Crippen LogP) is 1.87. The Hall–Kier alpha value is -1.10. The lowest BCUT2D eigenvalue weighted by Crippen LogP contribution is -2.59. The molecule has 3 unspecified atom stereocenters. The van der Waals surface area contributed by atoms with E-state index in [4.69, 9.17) is 0 Å². The number of carbonyl (C=O) groups excluding carboxylic acids is 1. The van der Waals surface area contributed by atoms with E-state index in [2.05, 4.69) is 12.2 Å². The van der Waals surface area contributed by atoms with Gasteiger partial charge in [-0.05, 0) is 44.6 Å². The average molecular weight is 296 g/mol. The van der Waals surface area contributed by atoms with E-state index >= 15 is 0 Å². The molecule has 0 aromatic rings. The number of carboxylic acid groups (broad SMARTS) is 1. The first-order valence-electron chi connectivity index (χ1n) is 8.26. The molecule has 2 N–H and O–H groups in total. The number of likely N-dealkylation sites (tertiary alicyclic amines) is 1. The van der Waals surface area contributed by atoms with Gasteiger partial charge in [0.1, 0.15) is 6.04 Å². The molecule has 0 saturated carbocycles. The Balaban J connectivity index is 2.23. The van der Waals surface area contributed by atoms with Crippen LogP contribution in [-0.4, -0.2) is 47.6 Å². The largest absolute Gasteiger partial charge is 0.480 e. The molecule has 1 amide bonds. The lowest BCUT2D eigenvalue weighted by molar-refractivity contribution is -0.161. The maximum atomic E-state index is 13.1. The molecule has 0 spiro atoms. The smallest absolute Gasteiger partial charge is 0.326 e. The number of rotatable bonds is 4. The van der Waals surface area contributed by atoms with Crippen LogP contribution in [0.5, 0.6) is 0 Å². The summed E-state index contributed by atoms with van der Waals surface area (Å²) in [5, 5.41) is 12.9. The quantitative estimate of drug-likeness (QED) is 0.831. The van der Waals surface area contributed by atoms with Crippen LogP contribution in [-0.2, 0) is 9.59 Å². The van der Waals surface area contributed by atoms with Crippen molar-refractivity contribution in [2.75, 3.05) is 19.6 Å². The first-order chi connectivity index (χ1) is 10.0. The van der Waals surface area contributed by atoms with Gasteiger partial charge >= 0.3 is 5.97 Å². The van der Waals surface area contributed by atoms with Gasteiger partial charge in [-0.1, -0.05) is 20.3 Å². The fraction of sp³-hybridized carbons (Fsp3) is 0.875. The number of piperidine rings is 2. The summed E-state index contributed by atoms with van der Waals surface area (Å²) in [6, 6.07) is -0.651. The zero-order valence-corrected chi connectivity index (χ0v) is 13.2. The van der Waals surface area contributed by atoms with Crippen molar-refractivity contribution in [3.63, 3.8) is 0 Å². The monoisotopic (exact) mass is 296 g/mol. The van der Waals surface area contributed by atoms with Crippen LogP contribution in [0.2, 0.25) is 0 Å². The fourth-order valence-corrected chi connectivity index (χ4v) is 4.05. The third kappa shape index (κ3) is 3.23. The molecule has 2 aliphatic heterocycles. The van der Waals surface area contributed by atoms with Gasteiger partial charge in [-0.25, -0.2) is 4.79 Å². The van der Waals surface area contributed by atoms with Gasteiger partial charge in [0.05, 0.1) is 5.41 Å². The highest BCUT2D eigenvalue weighted by Gasteiger charge is 2.46. The number of aliphatic carboxylic acids is 1. The molecular formula is C16H28N2O3. The molecule has 2 heterocycles. The SMILES string of the molecule is CCCC1(C(=O)N2CCCC(C)C2C(=O)O)CCCNC1. The van der Waals surface area contributed by atoms with E-state index in [1.165, 1.54) is 0 Å². The van der Waals surface area contributed by atoms with Gasteiger partial charge in [0.15, 0.2) is 0 Å². The van der Waals surface area contributed by atoms with Crippen LogP contribution in [0, 0.1) is 11.3 Å². The van der Waals surface area contributed by atoms with Gasteiger partial charge in [0.2, 0.25) is 5.91 Å². The van der Waals surface area contributed by atoms with E-state index in [9.17, 15) is 14.7 Å². The van der Waals surface area contributed by atoms with Gasteiger partial charge in [-0.15, -0.1) is 0 Å². The van der Waals surface area contributed by atoms with Crippen LogP contribution < -0.4 is 5.32 Å². The lowest BCUT2D eigenvalue weighted by atomic mass is 9.74. The molecule has 0 aliphatic carbocycles. The van der Waals surface area contributed by atoms with Gasteiger partial charge in [-0.3, -0.25) is 4.79 Å². The summed E-state index contributed by atoms with van der Waals surface area (Å²) in [7, 11) is 0. The first-order valence-corrected chi connectivity index (χ1v) is 8.26. The van der Waals surface area contributed by atoms with Gasteiger partial charge in [0, 0.05) is 13.1 Å². The Labute approximate surface area is 127 Å². The summed E-state index contributed by atoms with van der Waals surface area (Å²) in [5.74, 6) is -0.753. The fourth-order valence-electron chi connectivity index (χ4n) is 4.05. The second-order valence-corrected chi connectivity index (χ2v) is 6.71. The molecule has 0 bridgehead atoms. The average Bonchev–Trinajstić information content (AvgIpc) is 2.47. The minimum Gasteiger partial charge on any atom is -0.480 e. The van der Waals surface area contributed by atoms with E-state index < -0.39 is 17.4 Å². The molecule has 0 radical (unpaired) electrons. The molecule has 5 heteroatoms. The number of carbonyl (C=O) groups is 2. The highest BCUT2D eigenvalue weighted by atomic mass is 16.4. The maximum Gasteiger partial charge on any atom is 0.326 e. The second-order valence-electron chi connectivity index (χ2n) is 6.71. The Morgan fingerprint density at radius 1 is 1.38 bits per heavy atom. The molecule has 2 aliphatic rings. The maximum absolute atomic E-state index is 13.1. The molecule has 2 saturated heterocycles. The predicted molar refractivity (Wildman–Crippen MR) is 81.0 cm³/mol. The van der Waals surface area contributed by atoms with Crippen LogP contribution in [0.4, 0.5) is 0 Å². The van der Waals surface area contributed by atoms with Crippen molar-refractivity contribution in [2.45, 2.75) is 58.4 Å². The third-order valence-corrected chi connectivity index (χ3v) is 5.10. The van der Waals surface area contributed by atoms with Crippen LogP contribution in [0.1, 0.15) is 52.4 Å². The Kier molecular flexibility index (Phi) is 5.25. The number of hydrogen-bond acceptors (Lipinski definition) is 3. The van der Waals surface area contributed by atoms with Crippen molar-refractivity contribution in [2.24, 2.45) is 11.3 Å². The van der Waals surface area contributed by atoms with Gasteiger partial charge in [-0.2, -0.15) is 0 Å². The first kappa shape index (κ1) is 16.3. The van der Waals surface area contributed by atoms with Crippen LogP contribution in [0.3, 0.4) is 0 Å². The highest BCUT2D eigenvalue weighted by Crippen LogP contribution is 2.36. The molecule has 2 fully saturated rings. The summed E-state index contributed by atoms with van der Waals surface area (Å²) in [6.07, 6.45) is 5.47. The zero-order valence-electron chi connectivity index (χ0n) is 13.2. The number of hydrogen-bond donors (Lipinski definition) is 2. The summed E-state index contributed by atoms with van der Waals surface area (Å²) in [5.41, 5.74) is -0.391. The standard InChI is InChI=1S/C16H28N2O3/c1-3-7-16(8-5-9-17-11-16)15(21)18-10-4-6-12(2)13(18)14(19)20/h12-13,17H,3-11H2,1-2H3,(H,19,20). The molecule has 0 aromatic heterocycles. The summed E-state index contributed by atoms with van der Waals surface area (Å²) in [6.45, 7) is 6.28. The van der Waals surface area contributed by atoms with Crippen LogP contribution in [0.15, 0.2) is 0 Å². The lowest BCUT2D eigenvalue weighted by Gasteiger charge is -2.45. The third-order valence-electron chi connectivity index (χ3n) is 5.10. The van der Waals surface area contributed by atoms with E-state index in [1.54, 1.807) is 4.90 Å².